The van der Waals surface area contributed by atoms with Crippen molar-refractivity contribution >= 4 is 12.2 Å². The molecule has 2 rings (SSSR count). The van der Waals surface area contributed by atoms with Gasteiger partial charge in [-0.1, -0.05) is 44.7 Å². The maximum absolute atomic E-state index is 5.42. The minimum Gasteiger partial charge on any atom is -0.380 e. The molecular weight excluding hydrogens is 258 g/mol. The first-order valence-electron chi connectivity index (χ1n) is 7.83. The number of rotatable bonds is 4. The molecule has 1 atom stereocenters. The molecule has 0 aromatic heterocycles. The molecule has 0 radical (unpaired) electrons. The van der Waals surface area contributed by atoms with E-state index < -0.39 is 0 Å². The minimum absolute atomic E-state index is 0.375. The van der Waals surface area contributed by atoms with Gasteiger partial charge in [0.05, 0.1) is 6.10 Å². The quantitative estimate of drug-likeness (QED) is 0.792. The third kappa shape index (κ3) is 4.47. The lowest BCUT2D eigenvalue weighted by atomic mass is 10.0. The Bertz CT molecular complexity index is 490. The summed E-state index contributed by atoms with van der Waals surface area (Å²) < 4.78 is 5.42. The van der Waals surface area contributed by atoms with Crippen molar-refractivity contribution in [3.05, 3.63) is 47.2 Å². The second-order valence-electron chi connectivity index (χ2n) is 5.16. The van der Waals surface area contributed by atoms with Crippen LogP contribution in [0.5, 0.6) is 0 Å². The molecule has 2 nitrogen and oxygen atoms in total. The molecule has 2 heteroatoms. The van der Waals surface area contributed by atoms with Crippen LogP contribution < -0.4 is 0 Å². The van der Waals surface area contributed by atoms with Crippen LogP contribution in [0.3, 0.4) is 0 Å². The second kappa shape index (κ2) is 8.68. The Morgan fingerprint density at radius 1 is 1.38 bits per heavy atom. The first kappa shape index (κ1) is 17.5. The van der Waals surface area contributed by atoms with Crippen LogP contribution in [0, 0.1) is 6.92 Å². The average molecular weight is 287 g/mol. The molecule has 1 heterocycles. The molecule has 0 saturated carbocycles. The lowest BCUT2D eigenvalue weighted by Crippen LogP contribution is -2.20. The third-order valence-corrected chi connectivity index (χ3v) is 3.90. The SMILES string of the molecule is C=Cc1c(C)cccc1/C=C(\C)N1CCC(OC)C1.CC. The van der Waals surface area contributed by atoms with Crippen molar-refractivity contribution in [3.8, 4) is 0 Å². The topological polar surface area (TPSA) is 12.5 Å². The van der Waals surface area contributed by atoms with Gasteiger partial charge in [0.2, 0.25) is 0 Å². The summed E-state index contributed by atoms with van der Waals surface area (Å²) >= 11 is 0. The third-order valence-electron chi connectivity index (χ3n) is 3.90. The highest BCUT2D eigenvalue weighted by Gasteiger charge is 2.21. The maximum Gasteiger partial charge on any atom is 0.0762 e. The van der Waals surface area contributed by atoms with Crippen LogP contribution in [0.4, 0.5) is 0 Å². The molecule has 1 aliphatic rings. The number of benzene rings is 1. The predicted octanol–water partition coefficient (Wildman–Crippen LogP) is 4.75. The van der Waals surface area contributed by atoms with Gasteiger partial charge >= 0.3 is 0 Å². The number of allylic oxidation sites excluding steroid dienone is 1. The molecule has 1 saturated heterocycles. The zero-order valence-electron chi connectivity index (χ0n) is 14.1. The van der Waals surface area contributed by atoms with Crippen molar-refractivity contribution in [2.24, 2.45) is 0 Å². The van der Waals surface area contributed by atoms with E-state index in [4.69, 9.17) is 4.74 Å². The van der Waals surface area contributed by atoms with Crippen LogP contribution in [-0.2, 0) is 4.74 Å². The largest absolute Gasteiger partial charge is 0.380 e. The summed E-state index contributed by atoms with van der Waals surface area (Å²) in [4.78, 5) is 2.39. The van der Waals surface area contributed by atoms with Crippen LogP contribution >= 0.6 is 0 Å². The van der Waals surface area contributed by atoms with Crippen LogP contribution in [0.2, 0.25) is 0 Å². The van der Waals surface area contributed by atoms with Crippen LogP contribution in [0.15, 0.2) is 30.5 Å². The first-order chi connectivity index (χ1) is 10.2. The number of hydrogen-bond acceptors (Lipinski definition) is 2. The number of nitrogens with zero attached hydrogens (tertiary/aromatic N) is 1. The second-order valence-corrected chi connectivity index (χ2v) is 5.16. The van der Waals surface area contributed by atoms with E-state index in [0.29, 0.717) is 6.10 Å². The predicted molar refractivity (Wildman–Crippen MR) is 93.3 cm³/mol. The van der Waals surface area contributed by atoms with Gasteiger partial charge in [-0.05, 0) is 43.0 Å². The van der Waals surface area contributed by atoms with Gasteiger partial charge in [0.15, 0.2) is 0 Å². The summed E-state index contributed by atoms with van der Waals surface area (Å²) in [6.07, 6.45) is 5.68. The average Bonchev–Trinajstić information content (AvgIpc) is 2.98. The van der Waals surface area contributed by atoms with Crippen molar-refractivity contribution in [2.75, 3.05) is 20.2 Å². The van der Waals surface area contributed by atoms with Crippen LogP contribution in [0.1, 0.15) is 43.9 Å². The molecule has 1 fully saturated rings. The van der Waals surface area contributed by atoms with Crippen molar-refractivity contribution < 1.29 is 4.74 Å². The van der Waals surface area contributed by atoms with Gasteiger partial charge in [0.1, 0.15) is 0 Å². The molecule has 1 aromatic carbocycles. The van der Waals surface area contributed by atoms with Crippen molar-refractivity contribution in [2.45, 2.75) is 40.2 Å². The van der Waals surface area contributed by atoms with Gasteiger partial charge in [-0.2, -0.15) is 0 Å². The van der Waals surface area contributed by atoms with E-state index in [0.717, 1.165) is 19.5 Å². The van der Waals surface area contributed by atoms with Crippen LogP contribution in [-0.4, -0.2) is 31.2 Å². The summed E-state index contributed by atoms with van der Waals surface area (Å²) in [7, 11) is 1.80. The summed E-state index contributed by atoms with van der Waals surface area (Å²) in [6, 6.07) is 6.38. The first-order valence-corrected chi connectivity index (χ1v) is 7.83. The highest BCUT2D eigenvalue weighted by Crippen LogP contribution is 2.22. The summed E-state index contributed by atoms with van der Waals surface area (Å²) in [5.41, 5.74) is 5.04. The Morgan fingerprint density at radius 2 is 2.10 bits per heavy atom. The van der Waals surface area contributed by atoms with E-state index in [1.54, 1.807) is 7.11 Å². The van der Waals surface area contributed by atoms with Gasteiger partial charge < -0.3 is 9.64 Å². The van der Waals surface area contributed by atoms with Gasteiger partial charge in [-0.15, -0.1) is 0 Å². The van der Waals surface area contributed by atoms with E-state index in [1.807, 2.05) is 19.9 Å². The van der Waals surface area contributed by atoms with E-state index in [-0.39, 0.29) is 0 Å². The highest BCUT2D eigenvalue weighted by atomic mass is 16.5. The summed E-state index contributed by atoms with van der Waals surface area (Å²) in [5.74, 6) is 0. The van der Waals surface area contributed by atoms with Crippen molar-refractivity contribution in [3.63, 3.8) is 0 Å². The standard InChI is InChI=1S/C17H23NO.C2H6/c1-5-17-13(2)7-6-8-15(17)11-14(3)18-10-9-16(12-18)19-4;1-2/h5-8,11,16H,1,9-10,12H2,2-4H3;1-2H3/b14-11+;. The number of ether oxygens (including phenoxy) is 1. The summed E-state index contributed by atoms with van der Waals surface area (Å²) in [6.45, 7) is 14.3. The lowest BCUT2D eigenvalue weighted by molar-refractivity contribution is 0.112. The van der Waals surface area contributed by atoms with Crippen molar-refractivity contribution in [1.29, 1.82) is 0 Å². The minimum atomic E-state index is 0.375. The Kier molecular flexibility index (Phi) is 7.24. The molecular formula is C19H29NO. The number of aryl methyl sites for hydroxylation is 1. The smallest absolute Gasteiger partial charge is 0.0762 e. The van der Waals surface area contributed by atoms with Crippen LogP contribution in [0.25, 0.3) is 12.2 Å². The van der Waals surface area contributed by atoms with Gasteiger partial charge in [0.25, 0.3) is 0 Å². The van der Waals surface area contributed by atoms with Gasteiger partial charge in [-0.3, -0.25) is 0 Å². The summed E-state index contributed by atoms with van der Waals surface area (Å²) in [5, 5.41) is 0. The molecule has 0 spiro atoms. The molecule has 116 valence electrons. The van der Waals surface area contributed by atoms with E-state index in [2.05, 4.69) is 49.6 Å². The molecule has 0 amide bonds. The van der Waals surface area contributed by atoms with Gasteiger partial charge in [-0.25, -0.2) is 0 Å². The zero-order valence-corrected chi connectivity index (χ0v) is 14.1. The molecule has 0 aliphatic carbocycles. The van der Waals surface area contributed by atoms with Gasteiger partial charge in [0, 0.05) is 25.9 Å². The maximum atomic E-state index is 5.42. The molecule has 1 aliphatic heterocycles. The van der Waals surface area contributed by atoms with E-state index in [9.17, 15) is 0 Å². The number of methoxy groups -OCH3 is 1. The monoisotopic (exact) mass is 287 g/mol. The fraction of sp³-hybridized carbons (Fsp3) is 0.474. The molecule has 1 aromatic rings. The fourth-order valence-electron chi connectivity index (χ4n) is 2.67. The molecule has 1 unspecified atom stereocenters. The number of hydrogen-bond donors (Lipinski definition) is 0. The number of likely N-dealkylation sites (tertiary alicyclic amines) is 1. The lowest BCUT2D eigenvalue weighted by Gasteiger charge is -2.19. The van der Waals surface area contributed by atoms with Crippen molar-refractivity contribution in [1.82, 2.24) is 4.90 Å². The molecule has 0 N–H and O–H groups in total. The molecule has 0 bridgehead atoms. The van der Waals surface area contributed by atoms with E-state index >= 15 is 0 Å². The Morgan fingerprint density at radius 3 is 2.67 bits per heavy atom. The Labute approximate surface area is 130 Å². The van der Waals surface area contributed by atoms with E-state index in [1.165, 1.54) is 22.4 Å². The zero-order chi connectivity index (χ0) is 15.8. The fourth-order valence-corrected chi connectivity index (χ4v) is 2.67. The normalized spacial score (nSPS) is 18.2. The Balaban J connectivity index is 0.00000106. The highest BCUT2D eigenvalue weighted by molar-refractivity contribution is 5.67. The molecule has 21 heavy (non-hydrogen) atoms. The Hall–Kier alpha value is -1.54.